The van der Waals surface area contributed by atoms with E-state index < -0.39 is 0 Å². The molecule has 0 bridgehead atoms. The summed E-state index contributed by atoms with van der Waals surface area (Å²) in [6.45, 7) is 10.2. The molecule has 0 spiro atoms. The molecule has 21 heavy (non-hydrogen) atoms. The molecule has 0 atom stereocenters. The van der Waals surface area contributed by atoms with Gasteiger partial charge < -0.3 is 19.5 Å². The third-order valence-corrected chi connectivity index (χ3v) is 4.02. The maximum Gasteiger partial charge on any atom is 0.0807 e. The maximum absolute atomic E-state index is 6.30. The molecule has 0 aromatic heterocycles. The van der Waals surface area contributed by atoms with E-state index in [-0.39, 0.29) is 11.1 Å². The van der Waals surface area contributed by atoms with Gasteiger partial charge in [-0.3, -0.25) is 0 Å². The molecule has 0 amide bonds. The van der Waals surface area contributed by atoms with Crippen molar-refractivity contribution in [2.75, 3.05) is 40.1 Å². The molecular formula is C17H35NO3. The van der Waals surface area contributed by atoms with Gasteiger partial charge >= 0.3 is 0 Å². The minimum atomic E-state index is -0.00556. The lowest BCUT2D eigenvalue weighted by atomic mass is 9.92. The van der Waals surface area contributed by atoms with E-state index in [0.717, 1.165) is 19.4 Å². The summed E-state index contributed by atoms with van der Waals surface area (Å²) in [6.07, 6.45) is 7.55. The fourth-order valence-electron chi connectivity index (χ4n) is 2.73. The monoisotopic (exact) mass is 301 g/mol. The Hall–Kier alpha value is -0.160. The van der Waals surface area contributed by atoms with Gasteiger partial charge in [-0.15, -0.1) is 0 Å². The number of hydrogen-bond donors (Lipinski definition) is 1. The molecule has 0 aromatic rings. The lowest BCUT2D eigenvalue weighted by Gasteiger charge is -2.36. The fraction of sp³-hybridized carbons (Fsp3) is 1.00. The minimum absolute atomic E-state index is 0.00556. The molecule has 1 fully saturated rings. The van der Waals surface area contributed by atoms with Crippen molar-refractivity contribution in [3.05, 3.63) is 0 Å². The molecule has 1 aliphatic rings. The van der Waals surface area contributed by atoms with Crippen LogP contribution in [-0.2, 0) is 14.2 Å². The second kappa shape index (κ2) is 9.78. The van der Waals surface area contributed by atoms with Crippen LogP contribution in [0.4, 0.5) is 0 Å². The number of methoxy groups -OCH3 is 1. The van der Waals surface area contributed by atoms with Crippen molar-refractivity contribution >= 4 is 0 Å². The zero-order valence-electron chi connectivity index (χ0n) is 14.5. The number of hydrogen-bond acceptors (Lipinski definition) is 4. The Labute approximate surface area is 130 Å². The first-order valence-corrected chi connectivity index (χ1v) is 8.43. The van der Waals surface area contributed by atoms with Crippen molar-refractivity contribution < 1.29 is 14.2 Å². The van der Waals surface area contributed by atoms with Crippen LogP contribution in [0.2, 0.25) is 0 Å². The van der Waals surface area contributed by atoms with Gasteiger partial charge in [0.2, 0.25) is 0 Å². The van der Waals surface area contributed by atoms with Crippen molar-refractivity contribution in [3.8, 4) is 0 Å². The first kappa shape index (κ1) is 18.9. The van der Waals surface area contributed by atoms with Gasteiger partial charge in [0, 0.05) is 19.2 Å². The van der Waals surface area contributed by atoms with E-state index in [4.69, 9.17) is 14.2 Å². The predicted molar refractivity (Wildman–Crippen MR) is 86.8 cm³/mol. The predicted octanol–water partition coefficient (Wildman–Crippen LogP) is 3.15. The van der Waals surface area contributed by atoms with E-state index in [1.54, 1.807) is 7.11 Å². The fourth-order valence-corrected chi connectivity index (χ4v) is 2.73. The van der Waals surface area contributed by atoms with Crippen LogP contribution in [0.5, 0.6) is 0 Å². The Bertz CT molecular complexity index is 255. The van der Waals surface area contributed by atoms with E-state index >= 15 is 0 Å². The van der Waals surface area contributed by atoms with E-state index in [1.165, 1.54) is 25.7 Å². The number of nitrogens with one attached hydrogen (secondary N) is 1. The van der Waals surface area contributed by atoms with Gasteiger partial charge in [-0.2, -0.15) is 0 Å². The summed E-state index contributed by atoms with van der Waals surface area (Å²) in [7, 11) is 1.69. The summed E-state index contributed by atoms with van der Waals surface area (Å²) < 4.78 is 16.8. The molecule has 0 radical (unpaired) electrons. The third kappa shape index (κ3) is 8.77. The SMILES string of the molecule is COCCOCCOC1(CNC(C)(C)C)CCCCCC1. The highest BCUT2D eigenvalue weighted by Crippen LogP contribution is 2.30. The Balaban J connectivity index is 2.39. The topological polar surface area (TPSA) is 39.7 Å². The van der Waals surface area contributed by atoms with Crippen LogP contribution in [-0.4, -0.2) is 51.2 Å². The highest BCUT2D eigenvalue weighted by atomic mass is 16.5. The van der Waals surface area contributed by atoms with Crippen molar-refractivity contribution in [1.82, 2.24) is 5.32 Å². The summed E-state index contributed by atoms with van der Waals surface area (Å²) in [4.78, 5) is 0. The Morgan fingerprint density at radius 3 is 2.10 bits per heavy atom. The van der Waals surface area contributed by atoms with Gasteiger partial charge in [-0.25, -0.2) is 0 Å². The van der Waals surface area contributed by atoms with Crippen LogP contribution < -0.4 is 5.32 Å². The van der Waals surface area contributed by atoms with Crippen LogP contribution in [0.15, 0.2) is 0 Å². The molecule has 0 aliphatic heterocycles. The third-order valence-electron chi connectivity index (χ3n) is 4.02. The van der Waals surface area contributed by atoms with Gasteiger partial charge in [0.25, 0.3) is 0 Å². The maximum atomic E-state index is 6.30. The van der Waals surface area contributed by atoms with Gasteiger partial charge in [0.15, 0.2) is 0 Å². The largest absolute Gasteiger partial charge is 0.382 e. The average molecular weight is 301 g/mol. The molecular weight excluding hydrogens is 266 g/mol. The molecule has 4 heteroatoms. The van der Waals surface area contributed by atoms with Gasteiger partial charge in [-0.05, 0) is 33.6 Å². The van der Waals surface area contributed by atoms with Crippen LogP contribution in [0, 0.1) is 0 Å². The smallest absolute Gasteiger partial charge is 0.0807 e. The Morgan fingerprint density at radius 2 is 1.52 bits per heavy atom. The number of rotatable bonds is 9. The second-order valence-electron chi connectivity index (χ2n) is 7.15. The summed E-state index contributed by atoms with van der Waals surface area (Å²) in [5.41, 5.74) is 0.131. The molecule has 0 heterocycles. The molecule has 126 valence electrons. The molecule has 1 rings (SSSR count). The van der Waals surface area contributed by atoms with E-state index in [2.05, 4.69) is 26.1 Å². The highest BCUT2D eigenvalue weighted by molar-refractivity contribution is 4.88. The van der Waals surface area contributed by atoms with Crippen LogP contribution in [0.1, 0.15) is 59.3 Å². The summed E-state index contributed by atoms with van der Waals surface area (Å²) in [5.74, 6) is 0. The van der Waals surface area contributed by atoms with E-state index in [9.17, 15) is 0 Å². The quantitative estimate of drug-likeness (QED) is 0.524. The molecule has 0 aromatic carbocycles. The minimum Gasteiger partial charge on any atom is -0.382 e. The van der Waals surface area contributed by atoms with Crippen LogP contribution in [0.3, 0.4) is 0 Å². The number of ether oxygens (including phenoxy) is 3. The van der Waals surface area contributed by atoms with E-state index in [0.29, 0.717) is 26.4 Å². The lowest BCUT2D eigenvalue weighted by Crippen LogP contribution is -2.49. The summed E-state index contributed by atoms with van der Waals surface area (Å²) in [6, 6.07) is 0. The lowest BCUT2D eigenvalue weighted by molar-refractivity contribution is -0.0800. The van der Waals surface area contributed by atoms with Crippen molar-refractivity contribution in [2.24, 2.45) is 0 Å². The first-order valence-electron chi connectivity index (χ1n) is 8.43. The zero-order chi connectivity index (χ0) is 15.6. The highest BCUT2D eigenvalue weighted by Gasteiger charge is 2.32. The normalized spacial score (nSPS) is 19.4. The van der Waals surface area contributed by atoms with E-state index in [1.807, 2.05) is 0 Å². The van der Waals surface area contributed by atoms with Crippen LogP contribution in [0.25, 0.3) is 0 Å². The van der Waals surface area contributed by atoms with Crippen LogP contribution >= 0.6 is 0 Å². The van der Waals surface area contributed by atoms with Gasteiger partial charge in [0.1, 0.15) is 0 Å². The Kier molecular flexibility index (Phi) is 8.79. The first-order chi connectivity index (χ1) is 9.97. The van der Waals surface area contributed by atoms with Crippen molar-refractivity contribution in [2.45, 2.75) is 70.4 Å². The molecule has 1 saturated carbocycles. The summed E-state index contributed by atoms with van der Waals surface area (Å²) in [5, 5.41) is 3.64. The average Bonchev–Trinajstić information content (AvgIpc) is 2.66. The van der Waals surface area contributed by atoms with Gasteiger partial charge in [0.05, 0.1) is 32.0 Å². The Morgan fingerprint density at radius 1 is 0.905 bits per heavy atom. The second-order valence-corrected chi connectivity index (χ2v) is 7.15. The standard InChI is InChI=1S/C17H35NO3/c1-16(2,3)18-15-17(9-7-5-6-8-10-17)21-14-13-20-12-11-19-4/h18H,5-15H2,1-4H3. The zero-order valence-corrected chi connectivity index (χ0v) is 14.5. The molecule has 4 nitrogen and oxygen atoms in total. The van der Waals surface area contributed by atoms with Crippen molar-refractivity contribution in [1.29, 1.82) is 0 Å². The molecule has 0 saturated heterocycles. The summed E-state index contributed by atoms with van der Waals surface area (Å²) >= 11 is 0. The molecule has 0 unspecified atom stereocenters. The van der Waals surface area contributed by atoms with Gasteiger partial charge in [-0.1, -0.05) is 25.7 Å². The molecule has 1 N–H and O–H groups in total. The molecule has 1 aliphatic carbocycles. The van der Waals surface area contributed by atoms with Crippen molar-refractivity contribution in [3.63, 3.8) is 0 Å².